The molecule has 1 aromatic heterocycles. The number of H-pyrrole nitrogens is 1. The average molecular weight is 882 g/mol. The number of para-hydroxylation sites is 1. The molecule has 0 radical (unpaired) electrons. The van der Waals surface area contributed by atoms with Gasteiger partial charge in [-0.1, -0.05) is 77.8 Å². The van der Waals surface area contributed by atoms with Gasteiger partial charge in [0.25, 0.3) is 0 Å². The van der Waals surface area contributed by atoms with Gasteiger partial charge in [0.05, 0.1) is 22.2 Å². The van der Waals surface area contributed by atoms with Crippen molar-refractivity contribution in [1.82, 2.24) is 31.6 Å². The van der Waals surface area contributed by atoms with E-state index >= 15 is 0 Å². The van der Waals surface area contributed by atoms with Crippen LogP contribution in [0.15, 0.2) is 79.0 Å². The molecular weight excluding hydrogens is 831 g/mol. The smallest absolute Gasteiger partial charge is 0.408 e. The monoisotopic (exact) mass is 880 g/mol. The van der Waals surface area contributed by atoms with E-state index in [4.69, 9.17) is 33.7 Å². The maximum Gasteiger partial charge on any atom is 0.408 e. The Kier molecular flexibility index (Phi) is 17.3. The molecule has 4 rings (SSSR count). The summed E-state index contributed by atoms with van der Waals surface area (Å²) in [6.07, 6.45) is 0.343. The molecule has 19 heteroatoms. The largest absolute Gasteiger partial charge is 0.481 e. The van der Waals surface area contributed by atoms with E-state index in [0.717, 1.165) is 10.9 Å². The van der Waals surface area contributed by atoms with Gasteiger partial charge in [-0.2, -0.15) is 0 Å². The summed E-state index contributed by atoms with van der Waals surface area (Å²) in [4.78, 5) is 94.7. The zero-order valence-electron chi connectivity index (χ0n) is 33.8. The van der Waals surface area contributed by atoms with E-state index in [1.807, 2.05) is 24.3 Å². The van der Waals surface area contributed by atoms with Gasteiger partial charge in [-0.05, 0) is 69.4 Å². The molecule has 4 aromatic rings. The van der Waals surface area contributed by atoms with Gasteiger partial charge in [0.15, 0.2) is 0 Å². The van der Waals surface area contributed by atoms with E-state index in [1.54, 1.807) is 75.5 Å². The minimum absolute atomic E-state index is 0.00497. The Morgan fingerprint density at radius 3 is 2.08 bits per heavy atom. The number of hydrogen-bond donors (Lipinski definition) is 9. The quantitative estimate of drug-likeness (QED) is 0.0563. The number of amides is 7. The summed E-state index contributed by atoms with van der Waals surface area (Å²) in [7, 11) is 0. The van der Waals surface area contributed by atoms with Crippen LogP contribution in [-0.2, 0) is 41.6 Å². The molecule has 7 amide bonds. The third kappa shape index (κ3) is 15.3. The summed E-state index contributed by atoms with van der Waals surface area (Å²) in [5, 5.41) is 26.3. The SMILES string of the molecule is CC(C)(C)OC(=O)N[C@@H](Cc1c[nH]c2ccccc12)C(=O)N[C@@H](CCCCNC(=O)Nc1cccc(Cl)c1Cl)C(=O)N[C@@H](CC(=O)O)C(=O)N[C@@H](Cc1ccccc1)C(N)=O. The second kappa shape index (κ2) is 22.3. The molecule has 0 saturated heterocycles. The molecule has 0 aliphatic heterocycles. The predicted molar refractivity (Wildman–Crippen MR) is 230 cm³/mol. The summed E-state index contributed by atoms with van der Waals surface area (Å²) >= 11 is 12.2. The number of hydrogen-bond acceptors (Lipinski definition) is 8. The number of nitrogens with two attached hydrogens (primary N) is 1. The lowest BCUT2D eigenvalue weighted by Gasteiger charge is -2.27. The van der Waals surface area contributed by atoms with Crippen molar-refractivity contribution in [2.24, 2.45) is 5.73 Å². The van der Waals surface area contributed by atoms with Crippen molar-refractivity contribution in [2.45, 2.75) is 89.1 Å². The number of carbonyl (C=O) groups is 7. The number of fused-ring (bicyclic) bond motifs is 1. The Hall–Kier alpha value is -6.33. The third-order valence-corrected chi connectivity index (χ3v) is 9.92. The van der Waals surface area contributed by atoms with E-state index in [0.29, 0.717) is 17.5 Å². The van der Waals surface area contributed by atoms with Crippen molar-refractivity contribution in [1.29, 1.82) is 0 Å². The van der Waals surface area contributed by atoms with Gasteiger partial charge < -0.3 is 52.5 Å². The molecule has 10 N–H and O–H groups in total. The molecule has 17 nitrogen and oxygen atoms in total. The van der Waals surface area contributed by atoms with Crippen LogP contribution < -0.4 is 37.6 Å². The molecule has 0 aliphatic carbocycles. The number of primary amides is 1. The zero-order valence-corrected chi connectivity index (χ0v) is 35.3. The molecule has 0 unspecified atom stereocenters. The van der Waals surface area contributed by atoms with Crippen LogP contribution in [0, 0.1) is 0 Å². The number of urea groups is 1. The molecule has 3 aromatic carbocycles. The first kappa shape index (κ1) is 47.3. The number of anilines is 1. The minimum atomic E-state index is -1.70. The van der Waals surface area contributed by atoms with Gasteiger partial charge in [-0.15, -0.1) is 0 Å². The van der Waals surface area contributed by atoms with Crippen molar-refractivity contribution < 1.29 is 43.4 Å². The maximum absolute atomic E-state index is 14.1. The number of unbranched alkanes of at least 4 members (excludes halogenated alkanes) is 1. The van der Waals surface area contributed by atoms with Crippen molar-refractivity contribution in [3.8, 4) is 0 Å². The number of ether oxygens (including phenoxy) is 1. The summed E-state index contributed by atoms with van der Waals surface area (Å²) in [6.45, 7) is 5.09. The molecule has 0 fully saturated rings. The summed E-state index contributed by atoms with van der Waals surface area (Å²) in [5.74, 6) is -5.05. The van der Waals surface area contributed by atoms with Crippen LogP contribution in [0.4, 0.5) is 15.3 Å². The van der Waals surface area contributed by atoms with Gasteiger partial charge in [0.2, 0.25) is 23.6 Å². The normalized spacial score (nSPS) is 13.1. The van der Waals surface area contributed by atoms with Crippen LogP contribution in [0.2, 0.25) is 10.0 Å². The lowest BCUT2D eigenvalue weighted by Crippen LogP contribution is -2.59. The van der Waals surface area contributed by atoms with Gasteiger partial charge in [0, 0.05) is 36.5 Å². The van der Waals surface area contributed by atoms with Crippen molar-refractivity contribution in [2.75, 3.05) is 11.9 Å². The van der Waals surface area contributed by atoms with E-state index in [-0.39, 0.29) is 48.0 Å². The fourth-order valence-corrected chi connectivity index (χ4v) is 6.51. The van der Waals surface area contributed by atoms with Crippen LogP contribution in [0.3, 0.4) is 0 Å². The standard InChI is InChI=1S/C42H50Cl2N8O9/c1-42(2,3)61-41(60)52-32(21-25-23-47-28-16-8-7-14-26(25)28)38(57)48-30(17-9-10-19-46-40(59)51-29-18-11-15-27(43)35(29)44)37(56)50-33(22-34(53)54)39(58)49-31(36(45)55)20-24-12-5-4-6-13-24/h4-8,11-16,18,23,30-33,47H,9-10,17,19-22H2,1-3H3,(H2,45,55)(H,48,57)(H,49,58)(H,50,56)(H,52,60)(H,53,54)(H2,46,51,59)/t30-,31-,32-,33-/m0/s1. The lowest BCUT2D eigenvalue weighted by molar-refractivity contribution is -0.141. The number of alkyl carbamates (subject to hydrolysis) is 1. The highest BCUT2D eigenvalue weighted by Crippen LogP contribution is 2.29. The van der Waals surface area contributed by atoms with Crippen LogP contribution >= 0.6 is 23.2 Å². The Bertz CT molecular complexity index is 2200. The average Bonchev–Trinajstić information content (AvgIpc) is 3.60. The number of halogens is 2. The Balaban J connectivity index is 1.54. The van der Waals surface area contributed by atoms with Crippen LogP contribution in [0.1, 0.15) is 57.6 Å². The number of carbonyl (C=O) groups excluding carboxylic acids is 6. The van der Waals surface area contributed by atoms with E-state index in [2.05, 4.69) is 36.9 Å². The molecule has 0 spiro atoms. The highest BCUT2D eigenvalue weighted by atomic mass is 35.5. The fraction of sp³-hybridized carbons (Fsp3) is 0.357. The third-order valence-electron chi connectivity index (χ3n) is 9.10. The first-order valence-corrected chi connectivity index (χ1v) is 20.1. The van der Waals surface area contributed by atoms with Gasteiger partial charge >= 0.3 is 18.1 Å². The number of aliphatic carboxylic acids is 1. The van der Waals surface area contributed by atoms with Crippen LogP contribution in [-0.4, -0.2) is 88.1 Å². The second-order valence-electron chi connectivity index (χ2n) is 15.1. The van der Waals surface area contributed by atoms with Crippen molar-refractivity contribution >= 4 is 81.5 Å². The molecule has 0 aliphatic rings. The summed E-state index contributed by atoms with van der Waals surface area (Å²) in [5.41, 5.74) is 7.08. The zero-order chi connectivity index (χ0) is 44.7. The minimum Gasteiger partial charge on any atom is -0.481 e. The molecule has 1 heterocycles. The van der Waals surface area contributed by atoms with E-state index < -0.39 is 77.9 Å². The molecule has 61 heavy (non-hydrogen) atoms. The van der Waals surface area contributed by atoms with Crippen molar-refractivity contribution in [3.63, 3.8) is 0 Å². The van der Waals surface area contributed by atoms with Crippen molar-refractivity contribution in [3.05, 3.63) is 100 Å². The van der Waals surface area contributed by atoms with Gasteiger partial charge in [-0.25, -0.2) is 9.59 Å². The fourth-order valence-electron chi connectivity index (χ4n) is 6.16. The first-order valence-electron chi connectivity index (χ1n) is 19.4. The number of rotatable bonds is 20. The maximum atomic E-state index is 14.1. The predicted octanol–water partition coefficient (Wildman–Crippen LogP) is 4.56. The molecular formula is C42H50Cl2N8O9. The molecule has 0 bridgehead atoms. The summed E-state index contributed by atoms with van der Waals surface area (Å²) in [6, 6.07) is 14.5. The van der Waals surface area contributed by atoms with Crippen LogP contribution in [0.5, 0.6) is 0 Å². The molecule has 326 valence electrons. The highest BCUT2D eigenvalue weighted by molar-refractivity contribution is 6.44. The number of aromatic amines is 1. The second-order valence-corrected chi connectivity index (χ2v) is 15.9. The van der Waals surface area contributed by atoms with Gasteiger partial charge in [0.1, 0.15) is 29.8 Å². The molecule has 0 saturated carbocycles. The van der Waals surface area contributed by atoms with Crippen LogP contribution in [0.25, 0.3) is 10.9 Å². The Labute approximate surface area is 362 Å². The Morgan fingerprint density at radius 1 is 0.754 bits per heavy atom. The van der Waals surface area contributed by atoms with E-state index in [9.17, 15) is 38.7 Å². The highest BCUT2D eigenvalue weighted by Gasteiger charge is 2.33. The molecule has 4 atom stereocenters. The van der Waals surface area contributed by atoms with E-state index in [1.165, 1.54) is 0 Å². The Morgan fingerprint density at radius 2 is 1.39 bits per heavy atom. The lowest BCUT2D eigenvalue weighted by atomic mass is 10.0. The number of benzene rings is 3. The topological polar surface area (TPSA) is 263 Å². The number of nitrogens with one attached hydrogen (secondary N) is 7. The number of aromatic nitrogens is 1. The first-order chi connectivity index (χ1) is 28.9. The summed E-state index contributed by atoms with van der Waals surface area (Å²) < 4.78 is 5.44. The number of carboxylic acids is 1. The van der Waals surface area contributed by atoms with Gasteiger partial charge in [-0.3, -0.25) is 24.0 Å². The number of carboxylic acid groups (broad SMARTS) is 1.